The fourth-order valence-electron chi connectivity index (χ4n) is 3.57. The van der Waals surface area contributed by atoms with Crippen molar-refractivity contribution in [3.63, 3.8) is 0 Å². The third-order valence-corrected chi connectivity index (χ3v) is 6.68. The number of amides is 1. The van der Waals surface area contributed by atoms with Gasteiger partial charge in [0.15, 0.2) is 0 Å². The molecular weight excluding hydrogens is 408 g/mol. The number of thioether (sulfide) groups is 1. The van der Waals surface area contributed by atoms with Gasteiger partial charge in [0, 0.05) is 25.0 Å². The molecular formula is C24H28N4O2S. The number of hydrogen-bond acceptors (Lipinski definition) is 6. The second-order valence-electron chi connectivity index (χ2n) is 7.57. The van der Waals surface area contributed by atoms with Crippen molar-refractivity contribution in [3.8, 4) is 0 Å². The van der Waals surface area contributed by atoms with Crippen LogP contribution in [0.25, 0.3) is 10.9 Å². The average Bonchev–Trinajstić information content (AvgIpc) is 2.82. The number of benzene rings is 2. The highest BCUT2D eigenvalue weighted by Gasteiger charge is 2.21. The fraction of sp³-hybridized carbons (Fsp3) is 0.375. The maximum Gasteiger partial charge on any atom is 0.233 e. The lowest BCUT2D eigenvalue weighted by molar-refractivity contribution is -0.120. The van der Waals surface area contributed by atoms with Crippen LogP contribution in [0.1, 0.15) is 24.7 Å². The van der Waals surface area contributed by atoms with Crippen LogP contribution in [0.5, 0.6) is 0 Å². The molecule has 162 valence electrons. The fourth-order valence-corrected chi connectivity index (χ4v) is 4.65. The Labute approximate surface area is 187 Å². The van der Waals surface area contributed by atoms with E-state index < -0.39 is 0 Å². The zero-order valence-corrected chi connectivity index (χ0v) is 18.6. The molecule has 0 radical (unpaired) electrons. The highest BCUT2D eigenvalue weighted by Crippen LogP contribution is 2.30. The Balaban J connectivity index is 1.51. The first kappa shape index (κ1) is 21.7. The standard InChI is InChI=1S/C24H28N4O2S/c1-2-21(23(29)25-16-18-8-4-3-5-9-18)31-24-19-10-6-7-11-20(19)26-22(27-24)17-28-12-14-30-15-13-28/h3-11,21H,2,12-17H2,1H3,(H,25,29)/t21-/m1/s1. The first-order valence-corrected chi connectivity index (χ1v) is 11.6. The Morgan fingerprint density at radius 1 is 1.10 bits per heavy atom. The van der Waals surface area contributed by atoms with Gasteiger partial charge < -0.3 is 10.1 Å². The number of morpholine rings is 1. The molecule has 0 aliphatic carbocycles. The zero-order valence-electron chi connectivity index (χ0n) is 17.8. The van der Waals surface area contributed by atoms with Crippen LogP contribution in [0, 0.1) is 0 Å². The molecule has 1 aliphatic rings. The minimum absolute atomic E-state index is 0.0359. The molecule has 2 aromatic carbocycles. The Morgan fingerprint density at radius 2 is 1.84 bits per heavy atom. The molecule has 0 bridgehead atoms. The molecule has 7 heteroatoms. The van der Waals surface area contributed by atoms with Crippen molar-refractivity contribution in [3.05, 3.63) is 66.0 Å². The average molecular weight is 437 g/mol. The molecule has 1 amide bonds. The van der Waals surface area contributed by atoms with Crippen molar-refractivity contribution in [2.75, 3.05) is 26.3 Å². The Morgan fingerprint density at radius 3 is 2.61 bits per heavy atom. The van der Waals surface area contributed by atoms with Crippen molar-refractivity contribution in [1.29, 1.82) is 0 Å². The Hall–Kier alpha value is -2.48. The molecule has 1 fully saturated rings. The third-order valence-electron chi connectivity index (χ3n) is 5.31. The van der Waals surface area contributed by atoms with E-state index in [4.69, 9.17) is 14.7 Å². The molecule has 0 unspecified atom stereocenters. The lowest BCUT2D eigenvalue weighted by atomic mass is 10.2. The minimum atomic E-state index is -0.210. The second-order valence-corrected chi connectivity index (χ2v) is 8.76. The van der Waals surface area contributed by atoms with Gasteiger partial charge in [0.25, 0.3) is 0 Å². The van der Waals surface area contributed by atoms with Crippen molar-refractivity contribution < 1.29 is 9.53 Å². The molecule has 2 heterocycles. The smallest absolute Gasteiger partial charge is 0.233 e. The molecule has 1 N–H and O–H groups in total. The highest BCUT2D eigenvalue weighted by atomic mass is 32.2. The predicted molar refractivity (Wildman–Crippen MR) is 124 cm³/mol. The van der Waals surface area contributed by atoms with Gasteiger partial charge in [0.2, 0.25) is 5.91 Å². The first-order chi connectivity index (χ1) is 15.2. The predicted octanol–water partition coefficient (Wildman–Crippen LogP) is 3.65. The summed E-state index contributed by atoms with van der Waals surface area (Å²) in [7, 11) is 0. The molecule has 1 aliphatic heterocycles. The van der Waals surface area contributed by atoms with Crippen LogP contribution in [0.15, 0.2) is 59.6 Å². The van der Waals surface area contributed by atoms with Gasteiger partial charge >= 0.3 is 0 Å². The van der Waals surface area contributed by atoms with Gasteiger partial charge in [0.1, 0.15) is 10.9 Å². The van der Waals surface area contributed by atoms with E-state index in [2.05, 4.69) is 10.2 Å². The largest absolute Gasteiger partial charge is 0.379 e. The molecule has 1 atom stereocenters. The van der Waals surface area contributed by atoms with Gasteiger partial charge in [-0.1, -0.05) is 67.2 Å². The van der Waals surface area contributed by atoms with E-state index in [1.54, 1.807) is 0 Å². The lowest BCUT2D eigenvalue weighted by Gasteiger charge is -2.26. The van der Waals surface area contributed by atoms with Gasteiger partial charge in [-0.25, -0.2) is 9.97 Å². The number of ether oxygens (including phenoxy) is 1. The number of nitrogens with zero attached hydrogens (tertiary/aromatic N) is 3. The summed E-state index contributed by atoms with van der Waals surface area (Å²) in [5.74, 6) is 0.830. The molecule has 4 rings (SSSR count). The normalized spacial score (nSPS) is 15.6. The number of hydrogen-bond donors (Lipinski definition) is 1. The summed E-state index contributed by atoms with van der Waals surface area (Å²) in [6, 6.07) is 18.0. The lowest BCUT2D eigenvalue weighted by Crippen LogP contribution is -2.36. The topological polar surface area (TPSA) is 67.3 Å². The molecule has 0 saturated carbocycles. The third kappa shape index (κ3) is 5.81. The number of rotatable bonds is 8. The van der Waals surface area contributed by atoms with E-state index in [-0.39, 0.29) is 11.2 Å². The summed E-state index contributed by atoms with van der Waals surface area (Å²) in [5, 5.41) is 4.73. The number of para-hydroxylation sites is 1. The summed E-state index contributed by atoms with van der Waals surface area (Å²) >= 11 is 1.53. The van der Waals surface area contributed by atoms with Crippen LogP contribution in [0.4, 0.5) is 0 Å². The molecule has 3 aromatic rings. The van der Waals surface area contributed by atoms with E-state index in [0.29, 0.717) is 13.1 Å². The molecule has 1 aromatic heterocycles. The Kier molecular flexibility index (Phi) is 7.51. The van der Waals surface area contributed by atoms with Gasteiger partial charge in [-0.2, -0.15) is 0 Å². The number of carbonyl (C=O) groups excluding carboxylic acids is 1. The van der Waals surface area contributed by atoms with Gasteiger partial charge in [-0.05, 0) is 18.1 Å². The quantitative estimate of drug-likeness (QED) is 0.429. The molecule has 1 saturated heterocycles. The number of carbonyl (C=O) groups is 1. The van der Waals surface area contributed by atoms with Crippen LogP contribution in [-0.4, -0.2) is 52.3 Å². The highest BCUT2D eigenvalue weighted by molar-refractivity contribution is 8.00. The summed E-state index contributed by atoms with van der Waals surface area (Å²) in [4.78, 5) is 24.9. The van der Waals surface area contributed by atoms with Gasteiger partial charge in [-0.15, -0.1) is 0 Å². The monoisotopic (exact) mass is 436 g/mol. The van der Waals surface area contributed by atoms with Crippen LogP contribution in [-0.2, 0) is 22.6 Å². The van der Waals surface area contributed by atoms with Crippen molar-refractivity contribution in [2.45, 2.75) is 36.7 Å². The number of fused-ring (bicyclic) bond motifs is 1. The van der Waals surface area contributed by atoms with Crippen molar-refractivity contribution in [1.82, 2.24) is 20.2 Å². The summed E-state index contributed by atoms with van der Waals surface area (Å²) in [6.07, 6.45) is 0.725. The van der Waals surface area contributed by atoms with E-state index in [1.807, 2.05) is 61.5 Å². The van der Waals surface area contributed by atoms with E-state index >= 15 is 0 Å². The van der Waals surface area contributed by atoms with Crippen LogP contribution in [0.2, 0.25) is 0 Å². The molecule has 0 spiro atoms. The van der Waals surface area contributed by atoms with E-state index in [0.717, 1.165) is 60.0 Å². The maximum atomic E-state index is 12.9. The van der Waals surface area contributed by atoms with Crippen molar-refractivity contribution >= 4 is 28.6 Å². The molecule has 31 heavy (non-hydrogen) atoms. The SMILES string of the molecule is CC[C@@H](Sc1nc(CN2CCOCC2)nc2ccccc12)C(=O)NCc1ccccc1. The summed E-state index contributed by atoms with van der Waals surface area (Å²) in [5.41, 5.74) is 2.01. The zero-order chi connectivity index (χ0) is 21.5. The molecule has 6 nitrogen and oxygen atoms in total. The van der Waals surface area contributed by atoms with Crippen LogP contribution >= 0.6 is 11.8 Å². The summed E-state index contributed by atoms with van der Waals surface area (Å²) in [6.45, 7) is 6.53. The minimum Gasteiger partial charge on any atom is -0.379 e. The first-order valence-electron chi connectivity index (χ1n) is 10.8. The number of aromatic nitrogens is 2. The van der Waals surface area contributed by atoms with Crippen LogP contribution < -0.4 is 5.32 Å². The van der Waals surface area contributed by atoms with Gasteiger partial charge in [0.05, 0.1) is 30.5 Å². The summed E-state index contributed by atoms with van der Waals surface area (Å²) < 4.78 is 5.45. The van der Waals surface area contributed by atoms with E-state index in [9.17, 15) is 4.79 Å². The number of nitrogens with one attached hydrogen (secondary N) is 1. The maximum absolute atomic E-state index is 12.9. The Bertz CT molecular complexity index is 1010. The van der Waals surface area contributed by atoms with E-state index in [1.165, 1.54) is 11.8 Å². The van der Waals surface area contributed by atoms with Crippen LogP contribution in [0.3, 0.4) is 0 Å². The van der Waals surface area contributed by atoms with Crippen molar-refractivity contribution in [2.24, 2.45) is 0 Å². The van der Waals surface area contributed by atoms with Gasteiger partial charge in [-0.3, -0.25) is 9.69 Å². The second kappa shape index (κ2) is 10.7.